The van der Waals surface area contributed by atoms with Gasteiger partial charge in [0.15, 0.2) is 12.4 Å². The summed E-state index contributed by atoms with van der Waals surface area (Å²) in [5.41, 5.74) is 0. The highest BCUT2D eigenvalue weighted by atomic mass is 32.2. The van der Waals surface area contributed by atoms with E-state index in [2.05, 4.69) is 38.2 Å². The van der Waals surface area contributed by atoms with Gasteiger partial charge in [0.05, 0.1) is 6.61 Å². The van der Waals surface area contributed by atoms with Crippen LogP contribution in [0.2, 0.25) is 0 Å². The van der Waals surface area contributed by atoms with Crippen LogP contribution in [0.4, 0.5) is 0 Å². The third-order valence-corrected chi connectivity index (χ3v) is 14.3. The van der Waals surface area contributed by atoms with E-state index in [-0.39, 0.29) is 19.4 Å². The van der Waals surface area contributed by atoms with Gasteiger partial charge < -0.3 is 34.3 Å². The van der Waals surface area contributed by atoms with Gasteiger partial charge in [-0.3, -0.25) is 14.1 Å². The smallest absolute Gasteiger partial charge is 0.306 e. The Balaban J connectivity index is 2.29. The molecule has 0 bridgehead atoms. The first-order valence-corrected chi connectivity index (χ1v) is 30.5. The monoisotopic (exact) mass is 1010 g/mol. The van der Waals surface area contributed by atoms with Gasteiger partial charge in [0.25, 0.3) is 10.1 Å². The zero-order chi connectivity index (χ0) is 51.2. The van der Waals surface area contributed by atoms with Crippen LogP contribution in [0.1, 0.15) is 271 Å². The van der Waals surface area contributed by atoms with Crippen LogP contribution in [-0.2, 0) is 38.7 Å². The molecule has 13 heteroatoms. The van der Waals surface area contributed by atoms with Gasteiger partial charge in [-0.25, -0.2) is 0 Å². The second kappa shape index (κ2) is 46.9. The molecule has 2 unspecified atom stereocenters. The van der Waals surface area contributed by atoms with Crippen LogP contribution in [-0.4, -0.2) is 96.0 Å². The highest BCUT2D eigenvalue weighted by molar-refractivity contribution is 7.85. The first kappa shape index (κ1) is 66.1. The van der Waals surface area contributed by atoms with Gasteiger partial charge in [0.1, 0.15) is 36.8 Å². The normalized spacial score (nSPS) is 19.1. The minimum absolute atomic E-state index is 0.163. The van der Waals surface area contributed by atoms with Gasteiger partial charge in [-0.15, -0.1) is 0 Å². The van der Waals surface area contributed by atoms with E-state index in [1.54, 1.807) is 0 Å². The summed E-state index contributed by atoms with van der Waals surface area (Å²) in [7, 11) is -4.61. The number of carbonyl (C=O) groups is 2. The van der Waals surface area contributed by atoms with Gasteiger partial charge in [0.2, 0.25) is 0 Å². The Labute approximate surface area is 428 Å². The van der Waals surface area contributed by atoms with Gasteiger partial charge in [-0.05, 0) is 44.9 Å². The molecule has 1 aliphatic heterocycles. The Kier molecular flexibility index (Phi) is 44.3. The fourth-order valence-electron chi connectivity index (χ4n) is 9.06. The zero-order valence-electron chi connectivity index (χ0n) is 44.6. The second-order valence-corrected chi connectivity index (χ2v) is 21.8. The molecule has 0 aliphatic carbocycles. The number of hydrogen-bond acceptors (Lipinski definition) is 11. The van der Waals surface area contributed by atoms with Crippen LogP contribution in [0, 0.1) is 0 Å². The van der Waals surface area contributed by atoms with Crippen LogP contribution in [0.25, 0.3) is 0 Å². The number of rotatable bonds is 50. The van der Waals surface area contributed by atoms with Crippen molar-refractivity contribution in [2.45, 2.75) is 307 Å². The van der Waals surface area contributed by atoms with Crippen molar-refractivity contribution in [1.82, 2.24) is 0 Å². The highest BCUT2D eigenvalue weighted by Gasteiger charge is 2.46. The quantitative estimate of drug-likeness (QED) is 0.0196. The Bertz CT molecular complexity index is 1370. The number of unbranched alkanes of at least 4 members (excludes halogenated alkanes) is 34. The Morgan fingerprint density at radius 2 is 0.857 bits per heavy atom. The highest BCUT2D eigenvalue weighted by Crippen LogP contribution is 2.24. The average Bonchev–Trinajstić information content (AvgIpc) is 3.33. The number of ether oxygens (including phenoxy) is 4. The summed E-state index contributed by atoms with van der Waals surface area (Å²) < 4.78 is 54.4. The van der Waals surface area contributed by atoms with Gasteiger partial charge in [-0.1, -0.05) is 237 Å². The molecular formula is C57H106O12S. The standard InChI is InChI=1S/C57H106O12S/c1-3-5-7-9-11-13-15-17-19-21-23-24-25-26-28-29-31-33-35-37-39-41-43-45-52(58)66-47-50(48-67-57-56(62)55(61)54(60)51(69-57)49-70(63,64)65)68-53(59)46-44-42-40-38-36-34-32-30-27-22-20-18-16-14-12-10-8-6-4-2/h12,14,18,20,50-51,54-57,60-62H,3-11,13,15-17,19,21-49H2,1-2H3,(H,63,64,65)/b14-12+,20-18+/t50-,51-,54-,55?,56?,57+/m1/s1. The van der Waals surface area contributed by atoms with Gasteiger partial charge in [-0.2, -0.15) is 8.42 Å². The zero-order valence-corrected chi connectivity index (χ0v) is 45.5. The fraction of sp³-hybridized carbons (Fsp3) is 0.895. The maximum absolute atomic E-state index is 12.9. The SMILES string of the molecule is CCCCC/C=C/C/C=C/CCCCCCCCCCCC(=O)O[C@H](COC(=O)CCCCCCCCCCCCCCCCCCCCCCCCC)CO[C@H]1O[C@H](CS(=O)(=O)O)[C@@H](O)C(O)C1O. The Morgan fingerprint density at radius 3 is 1.29 bits per heavy atom. The number of esters is 2. The lowest BCUT2D eigenvalue weighted by molar-refractivity contribution is -0.297. The van der Waals surface area contributed by atoms with E-state index in [1.165, 1.54) is 180 Å². The third kappa shape index (κ3) is 40.6. The van der Waals surface area contributed by atoms with Crippen LogP contribution < -0.4 is 0 Å². The number of aliphatic hydroxyl groups excluding tert-OH is 3. The molecule has 70 heavy (non-hydrogen) atoms. The van der Waals surface area contributed by atoms with E-state index in [0.29, 0.717) is 12.8 Å². The average molecular weight is 1020 g/mol. The number of hydrogen-bond donors (Lipinski definition) is 4. The molecule has 12 nitrogen and oxygen atoms in total. The van der Waals surface area contributed by atoms with Crippen LogP contribution in [0.15, 0.2) is 24.3 Å². The molecule has 0 aromatic carbocycles. The molecule has 1 aliphatic rings. The molecule has 1 fully saturated rings. The maximum Gasteiger partial charge on any atom is 0.306 e. The molecule has 1 heterocycles. The van der Waals surface area contributed by atoms with Crippen molar-refractivity contribution >= 4 is 22.1 Å². The van der Waals surface area contributed by atoms with E-state index in [9.17, 15) is 37.9 Å². The Morgan fingerprint density at radius 1 is 0.486 bits per heavy atom. The van der Waals surface area contributed by atoms with Crippen molar-refractivity contribution in [1.29, 1.82) is 0 Å². The van der Waals surface area contributed by atoms with E-state index in [1.807, 2.05) is 0 Å². The molecule has 0 amide bonds. The second-order valence-electron chi connectivity index (χ2n) is 20.3. The summed E-state index contributed by atoms with van der Waals surface area (Å²) in [6.07, 6.45) is 46.5. The summed E-state index contributed by atoms with van der Waals surface area (Å²) in [6.45, 7) is 3.79. The van der Waals surface area contributed by atoms with Crippen LogP contribution >= 0.6 is 0 Å². The van der Waals surface area contributed by atoms with Crippen LogP contribution in [0.5, 0.6) is 0 Å². The minimum atomic E-state index is -4.61. The van der Waals surface area contributed by atoms with Gasteiger partial charge >= 0.3 is 11.9 Å². The summed E-state index contributed by atoms with van der Waals surface area (Å²) in [4.78, 5) is 25.6. The van der Waals surface area contributed by atoms with Gasteiger partial charge in [0, 0.05) is 12.8 Å². The van der Waals surface area contributed by atoms with Crippen LogP contribution in [0.3, 0.4) is 0 Å². The van der Waals surface area contributed by atoms with Crippen molar-refractivity contribution in [2.75, 3.05) is 19.0 Å². The number of carbonyl (C=O) groups excluding carboxylic acids is 2. The molecule has 0 spiro atoms. The van der Waals surface area contributed by atoms with Crippen molar-refractivity contribution < 1.29 is 56.8 Å². The Hall–Kier alpha value is -1.87. The third-order valence-electron chi connectivity index (χ3n) is 13.5. The number of allylic oxidation sites excluding steroid dienone is 4. The maximum atomic E-state index is 12.9. The van der Waals surface area contributed by atoms with E-state index < -0.39 is 71.2 Å². The van der Waals surface area contributed by atoms with Crippen molar-refractivity contribution in [3.8, 4) is 0 Å². The molecule has 6 atom stereocenters. The molecule has 4 N–H and O–H groups in total. The summed E-state index contributed by atoms with van der Waals surface area (Å²) in [5.74, 6) is -1.97. The van der Waals surface area contributed by atoms with Crippen molar-refractivity contribution in [3.05, 3.63) is 24.3 Å². The summed E-state index contributed by atoms with van der Waals surface area (Å²) in [5, 5.41) is 31.1. The summed E-state index contributed by atoms with van der Waals surface area (Å²) >= 11 is 0. The lowest BCUT2D eigenvalue weighted by Crippen LogP contribution is -2.60. The molecular weight excluding hydrogens is 909 g/mol. The molecule has 1 saturated heterocycles. The minimum Gasteiger partial charge on any atom is -0.462 e. The predicted molar refractivity (Wildman–Crippen MR) is 284 cm³/mol. The lowest BCUT2D eigenvalue weighted by Gasteiger charge is -2.40. The van der Waals surface area contributed by atoms with E-state index in [4.69, 9.17) is 18.9 Å². The molecule has 0 radical (unpaired) electrons. The summed E-state index contributed by atoms with van der Waals surface area (Å²) in [6, 6.07) is 0. The molecule has 0 aromatic heterocycles. The molecule has 0 saturated carbocycles. The predicted octanol–water partition coefficient (Wildman–Crippen LogP) is 13.9. The molecule has 0 aromatic rings. The molecule has 1 rings (SSSR count). The molecule has 412 valence electrons. The van der Waals surface area contributed by atoms with E-state index >= 15 is 0 Å². The van der Waals surface area contributed by atoms with Crippen molar-refractivity contribution in [3.63, 3.8) is 0 Å². The first-order chi connectivity index (χ1) is 34.0. The van der Waals surface area contributed by atoms with E-state index in [0.717, 1.165) is 51.4 Å². The topological polar surface area (TPSA) is 186 Å². The largest absolute Gasteiger partial charge is 0.462 e. The lowest BCUT2D eigenvalue weighted by atomic mass is 10.00. The fourth-order valence-corrected chi connectivity index (χ4v) is 9.75. The number of aliphatic hydroxyl groups is 3. The van der Waals surface area contributed by atoms with Crippen molar-refractivity contribution in [2.24, 2.45) is 0 Å². The first-order valence-electron chi connectivity index (χ1n) is 28.9.